The lowest BCUT2D eigenvalue weighted by molar-refractivity contribution is 0.159. The third-order valence-corrected chi connectivity index (χ3v) is 5.16. The van der Waals surface area contributed by atoms with Crippen LogP contribution in [0.4, 0.5) is 10.5 Å². The van der Waals surface area contributed by atoms with Gasteiger partial charge in [0.25, 0.3) is 0 Å². The number of aromatic amines is 1. The fourth-order valence-electron chi connectivity index (χ4n) is 2.99. The lowest BCUT2D eigenvalue weighted by atomic mass is 10.0. The first-order chi connectivity index (χ1) is 11.9. The lowest BCUT2D eigenvalue weighted by Crippen LogP contribution is -2.41. The van der Waals surface area contributed by atoms with Crippen LogP contribution in [0, 0.1) is 0 Å². The number of thioether (sulfide) groups is 1. The Hall–Kier alpha value is -2.02. The number of rotatable bonds is 3. The van der Waals surface area contributed by atoms with E-state index in [-0.39, 0.29) is 16.8 Å². The molecule has 7 heteroatoms. The van der Waals surface area contributed by atoms with Crippen LogP contribution in [-0.2, 0) is 0 Å². The van der Waals surface area contributed by atoms with Gasteiger partial charge in [0.2, 0.25) is 0 Å². The number of anilines is 1. The van der Waals surface area contributed by atoms with E-state index in [4.69, 9.17) is 0 Å². The number of hydrogen-bond acceptors (Lipinski definition) is 4. The van der Waals surface area contributed by atoms with E-state index in [1.165, 1.54) is 11.2 Å². The van der Waals surface area contributed by atoms with Crippen LogP contribution in [0.5, 0.6) is 0 Å². The van der Waals surface area contributed by atoms with Gasteiger partial charge in [0.1, 0.15) is 12.2 Å². The van der Waals surface area contributed by atoms with Crippen molar-refractivity contribution in [3.05, 3.63) is 36.4 Å². The van der Waals surface area contributed by atoms with Gasteiger partial charge in [-0.05, 0) is 43.5 Å². The summed E-state index contributed by atoms with van der Waals surface area (Å²) in [4.78, 5) is 20.0. The fraction of sp³-hybridized carbons (Fsp3) is 0.500. The van der Waals surface area contributed by atoms with Gasteiger partial charge in [-0.15, -0.1) is 11.8 Å². The third kappa shape index (κ3) is 4.75. The Morgan fingerprint density at radius 1 is 1.28 bits per heavy atom. The zero-order chi connectivity index (χ0) is 17.9. The van der Waals surface area contributed by atoms with Crippen molar-refractivity contribution in [2.75, 3.05) is 11.9 Å². The zero-order valence-electron chi connectivity index (χ0n) is 15.0. The molecule has 1 fully saturated rings. The van der Waals surface area contributed by atoms with Gasteiger partial charge in [-0.3, -0.25) is 5.10 Å². The van der Waals surface area contributed by atoms with E-state index < -0.39 is 0 Å². The van der Waals surface area contributed by atoms with Crippen molar-refractivity contribution in [2.45, 2.75) is 55.7 Å². The van der Waals surface area contributed by atoms with Gasteiger partial charge >= 0.3 is 6.03 Å². The van der Waals surface area contributed by atoms with E-state index in [1.54, 1.807) is 0 Å². The predicted molar refractivity (Wildman–Crippen MR) is 101 cm³/mol. The summed E-state index contributed by atoms with van der Waals surface area (Å²) in [5, 5.41) is 9.83. The van der Waals surface area contributed by atoms with Crippen LogP contribution in [0.15, 0.2) is 35.5 Å². The fourth-order valence-corrected chi connectivity index (χ4v) is 3.97. The number of urea groups is 1. The molecule has 1 aliphatic heterocycles. The number of benzene rings is 1. The number of hydrogen-bond donors (Lipinski definition) is 2. The Kier molecular flexibility index (Phi) is 5.32. The quantitative estimate of drug-likeness (QED) is 0.794. The highest BCUT2D eigenvalue weighted by molar-refractivity contribution is 8.00. The zero-order valence-corrected chi connectivity index (χ0v) is 15.8. The van der Waals surface area contributed by atoms with Crippen molar-refractivity contribution in [2.24, 2.45) is 0 Å². The summed E-state index contributed by atoms with van der Waals surface area (Å²) in [5.41, 5.74) is 0.810. The van der Waals surface area contributed by atoms with Crippen LogP contribution < -0.4 is 5.32 Å². The first-order valence-corrected chi connectivity index (χ1v) is 9.46. The molecule has 1 aromatic heterocycles. The summed E-state index contributed by atoms with van der Waals surface area (Å²) in [5.74, 6) is 0.756. The smallest absolute Gasteiger partial charge is 0.314 e. The minimum Gasteiger partial charge on any atom is -0.314 e. The highest BCUT2D eigenvalue weighted by atomic mass is 32.2. The summed E-state index contributed by atoms with van der Waals surface area (Å²) in [6.07, 6.45) is 4.50. The molecule has 25 heavy (non-hydrogen) atoms. The average molecular weight is 359 g/mol. The molecule has 2 heterocycles. The molecule has 1 unspecified atom stereocenters. The molecule has 3 rings (SSSR count). The minimum atomic E-state index is -0.0858. The second kappa shape index (κ2) is 7.47. The van der Waals surface area contributed by atoms with Gasteiger partial charge < -0.3 is 10.2 Å². The monoisotopic (exact) mass is 359 g/mol. The molecule has 2 aromatic rings. The Morgan fingerprint density at radius 2 is 2.04 bits per heavy atom. The maximum absolute atomic E-state index is 12.7. The van der Waals surface area contributed by atoms with E-state index in [0.717, 1.165) is 37.3 Å². The summed E-state index contributed by atoms with van der Waals surface area (Å²) in [6.45, 7) is 7.29. The molecule has 1 aliphatic rings. The number of likely N-dealkylation sites (tertiary alicyclic amines) is 1. The molecule has 2 amide bonds. The molecular formula is C18H25N5OS. The molecule has 0 aliphatic carbocycles. The first kappa shape index (κ1) is 17.8. The van der Waals surface area contributed by atoms with Gasteiger partial charge in [-0.2, -0.15) is 5.10 Å². The van der Waals surface area contributed by atoms with E-state index in [9.17, 15) is 4.79 Å². The number of nitrogens with zero attached hydrogens (tertiary/aromatic N) is 3. The van der Waals surface area contributed by atoms with Crippen LogP contribution >= 0.6 is 11.8 Å². The van der Waals surface area contributed by atoms with Gasteiger partial charge in [-0.1, -0.05) is 20.8 Å². The average Bonchev–Trinajstić information content (AvgIpc) is 3.10. The summed E-state index contributed by atoms with van der Waals surface area (Å²) < 4.78 is 0.170. The van der Waals surface area contributed by atoms with E-state index in [1.807, 2.05) is 28.8 Å². The van der Waals surface area contributed by atoms with Gasteiger partial charge in [0, 0.05) is 21.9 Å². The van der Waals surface area contributed by atoms with Crippen LogP contribution in [0.2, 0.25) is 0 Å². The second-order valence-electron chi connectivity index (χ2n) is 7.24. The third-order valence-electron chi connectivity index (χ3n) is 4.04. The number of piperidine rings is 1. The number of amides is 2. The summed E-state index contributed by atoms with van der Waals surface area (Å²) in [6, 6.07) is 7.90. The predicted octanol–water partition coefficient (Wildman–Crippen LogP) is 4.45. The molecule has 6 nitrogen and oxygen atoms in total. The maximum atomic E-state index is 12.7. The van der Waals surface area contributed by atoms with Crippen molar-refractivity contribution in [3.8, 4) is 0 Å². The van der Waals surface area contributed by atoms with Crippen LogP contribution in [0.1, 0.15) is 51.9 Å². The Morgan fingerprint density at radius 3 is 2.68 bits per heavy atom. The van der Waals surface area contributed by atoms with E-state index in [0.29, 0.717) is 0 Å². The van der Waals surface area contributed by atoms with Gasteiger partial charge in [0.05, 0.1) is 6.04 Å². The number of H-pyrrole nitrogens is 1. The van der Waals surface area contributed by atoms with Crippen LogP contribution in [0.25, 0.3) is 0 Å². The highest BCUT2D eigenvalue weighted by Gasteiger charge is 2.30. The molecule has 0 bridgehead atoms. The van der Waals surface area contributed by atoms with Crippen LogP contribution in [-0.4, -0.2) is 37.4 Å². The number of carbonyl (C=O) groups is 1. The van der Waals surface area contributed by atoms with E-state index >= 15 is 0 Å². The van der Waals surface area contributed by atoms with Gasteiger partial charge in [0.15, 0.2) is 0 Å². The Labute approximate surface area is 152 Å². The van der Waals surface area contributed by atoms with Gasteiger partial charge in [-0.25, -0.2) is 9.78 Å². The molecule has 134 valence electrons. The van der Waals surface area contributed by atoms with Crippen molar-refractivity contribution in [1.82, 2.24) is 20.1 Å². The normalized spacial score (nSPS) is 18.2. The topological polar surface area (TPSA) is 73.9 Å². The number of nitrogens with one attached hydrogen (secondary N) is 2. The maximum Gasteiger partial charge on any atom is 0.322 e. The standard InChI is InChI=1S/C18H25N5OS/c1-18(2,3)25-14-9-7-13(8-10-14)21-17(24)23-11-5-4-6-15(23)16-19-12-20-22-16/h7-10,12,15H,4-6,11H2,1-3H3,(H,21,24)(H,19,20,22). The van der Waals surface area contributed by atoms with Crippen LogP contribution in [0.3, 0.4) is 0 Å². The van der Waals surface area contributed by atoms with Crippen molar-refractivity contribution in [3.63, 3.8) is 0 Å². The number of carbonyl (C=O) groups excluding carboxylic acids is 1. The Bertz CT molecular complexity index is 693. The minimum absolute atomic E-state index is 0.0352. The molecule has 1 aromatic carbocycles. The molecule has 0 radical (unpaired) electrons. The highest BCUT2D eigenvalue weighted by Crippen LogP contribution is 2.33. The molecular weight excluding hydrogens is 334 g/mol. The molecule has 1 atom stereocenters. The van der Waals surface area contributed by atoms with Crippen molar-refractivity contribution >= 4 is 23.5 Å². The molecule has 0 spiro atoms. The summed E-state index contributed by atoms with van der Waals surface area (Å²) in [7, 11) is 0. The largest absolute Gasteiger partial charge is 0.322 e. The number of aromatic nitrogens is 3. The van der Waals surface area contributed by atoms with Crippen molar-refractivity contribution < 1.29 is 4.79 Å². The molecule has 2 N–H and O–H groups in total. The summed E-state index contributed by atoms with van der Waals surface area (Å²) >= 11 is 1.81. The first-order valence-electron chi connectivity index (χ1n) is 8.64. The van der Waals surface area contributed by atoms with Crippen molar-refractivity contribution in [1.29, 1.82) is 0 Å². The lowest BCUT2D eigenvalue weighted by Gasteiger charge is -2.34. The second-order valence-corrected chi connectivity index (χ2v) is 9.14. The van der Waals surface area contributed by atoms with E-state index in [2.05, 4.69) is 53.4 Å². The SMILES string of the molecule is CC(C)(C)Sc1ccc(NC(=O)N2CCCCC2c2ncn[nH]2)cc1. The molecule has 0 saturated carbocycles. The molecule has 1 saturated heterocycles. The Balaban J connectivity index is 1.66.